The van der Waals surface area contributed by atoms with Crippen LogP contribution in [0.2, 0.25) is 0 Å². The van der Waals surface area contributed by atoms with Gasteiger partial charge in [-0.2, -0.15) is 0 Å². The van der Waals surface area contributed by atoms with E-state index in [4.69, 9.17) is 4.74 Å². The molecule has 10 heteroatoms. The molecule has 1 aliphatic heterocycles. The molecule has 0 bridgehead atoms. The van der Waals surface area contributed by atoms with Crippen molar-refractivity contribution in [2.45, 2.75) is 17.9 Å². The highest BCUT2D eigenvalue weighted by atomic mass is 32.2. The maximum atomic E-state index is 12.8. The Morgan fingerprint density at radius 3 is 2.48 bits per heavy atom. The number of imide groups is 1. The minimum atomic E-state index is -3.90. The predicted molar refractivity (Wildman–Crippen MR) is 96.6 cm³/mol. The van der Waals surface area contributed by atoms with Crippen LogP contribution in [-0.4, -0.2) is 46.0 Å². The van der Waals surface area contributed by atoms with Crippen molar-refractivity contribution in [3.63, 3.8) is 0 Å². The molecular weight excluding hydrogens is 374 g/mol. The van der Waals surface area contributed by atoms with Gasteiger partial charge in [-0.25, -0.2) is 13.2 Å². The molecule has 1 atom stereocenters. The van der Waals surface area contributed by atoms with Crippen molar-refractivity contribution < 1.29 is 27.5 Å². The predicted octanol–water partition coefficient (Wildman–Crippen LogP) is 0.736. The molecule has 0 unspecified atom stereocenters. The molecule has 0 fully saturated rings. The average Bonchev–Trinajstić information content (AvgIpc) is 2.85. The molecule has 3 rings (SSSR count). The SMILES string of the molecule is CNC(=O)NC(=O)[C@@H](C)OC(=O)CN1c2cccc3cccc(c23)S1(=O)=O. The zero-order valence-electron chi connectivity index (χ0n) is 14.6. The van der Waals surface area contributed by atoms with Gasteiger partial charge in [-0.15, -0.1) is 0 Å². The van der Waals surface area contributed by atoms with Crippen LogP contribution in [0.4, 0.5) is 10.5 Å². The number of carbonyl (C=O) groups is 3. The van der Waals surface area contributed by atoms with Crippen molar-refractivity contribution in [3.8, 4) is 0 Å². The third-order valence-corrected chi connectivity index (χ3v) is 5.90. The first kappa shape index (κ1) is 18.6. The van der Waals surface area contributed by atoms with Crippen molar-refractivity contribution >= 4 is 44.4 Å². The van der Waals surface area contributed by atoms with E-state index in [9.17, 15) is 22.8 Å². The smallest absolute Gasteiger partial charge is 0.327 e. The summed E-state index contributed by atoms with van der Waals surface area (Å²) in [5, 5.41) is 5.45. The second-order valence-corrected chi connectivity index (χ2v) is 7.67. The van der Waals surface area contributed by atoms with Gasteiger partial charge in [0.1, 0.15) is 6.54 Å². The summed E-state index contributed by atoms with van der Waals surface area (Å²) in [6.07, 6.45) is -1.27. The van der Waals surface area contributed by atoms with Crippen LogP contribution >= 0.6 is 0 Å². The van der Waals surface area contributed by atoms with E-state index < -0.39 is 40.6 Å². The molecule has 0 aromatic heterocycles. The Hall–Kier alpha value is -3.14. The lowest BCUT2D eigenvalue weighted by Crippen LogP contribution is -2.44. The lowest BCUT2D eigenvalue weighted by Gasteiger charge is -2.19. The highest BCUT2D eigenvalue weighted by Gasteiger charge is 2.37. The monoisotopic (exact) mass is 391 g/mol. The summed E-state index contributed by atoms with van der Waals surface area (Å²) in [5.74, 6) is -1.74. The van der Waals surface area contributed by atoms with E-state index in [0.717, 1.165) is 9.69 Å². The fourth-order valence-electron chi connectivity index (χ4n) is 2.81. The normalized spacial score (nSPS) is 15.3. The highest BCUT2D eigenvalue weighted by Crippen LogP contribution is 2.41. The minimum absolute atomic E-state index is 0.119. The van der Waals surface area contributed by atoms with Crippen LogP contribution < -0.4 is 14.9 Å². The molecular formula is C17H17N3O6S. The molecule has 0 saturated carbocycles. The van der Waals surface area contributed by atoms with Crippen LogP contribution in [0.25, 0.3) is 10.8 Å². The Kier molecular flexibility index (Phi) is 4.75. The second-order valence-electron chi connectivity index (χ2n) is 5.84. The Balaban J connectivity index is 1.79. The zero-order chi connectivity index (χ0) is 19.8. The van der Waals surface area contributed by atoms with Gasteiger partial charge in [-0.3, -0.25) is 19.2 Å². The number of benzene rings is 2. The molecule has 0 spiro atoms. The largest absolute Gasteiger partial charge is 0.451 e. The quantitative estimate of drug-likeness (QED) is 0.741. The van der Waals surface area contributed by atoms with E-state index in [-0.39, 0.29) is 4.90 Å². The number of sulfonamides is 1. The van der Waals surface area contributed by atoms with E-state index >= 15 is 0 Å². The van der Waals surface area contributed by atoms with Crippen molar-refractivity contribution in [3.05, 3.63) is 36.4 Å². The topological polar surface area (TPSA) is 122 Å². The molecule has 0 radical (unpaired) electrons. The van der Waals surface area contributed by atoms with Crippen molar-refractivity contribution in [2.75, 3.05) is 17.9 Å². The number of ether oxygens (including phenoxy) is 1. The molecule has 2 N–H and O–H groups in total. The summed E-state index contributed by atoms with van der Waals surface area (Å²) in [6, 6.07) is 9.23. The van der Waals surface area contributed by atoms with Gasteiger partial charge in [0, 0.05) is 12.4 Å². The maximum Gasteiger partial charge on any atom is 0.327 e. The molecule has 0 saturated heterocycles. The fraction of sp³-hybridized carbons (Fsp3) is 0.235. The van der Waals surface area contributed by atoms with Gasteiger partial charge in [0.05, 0.1) is 10.6 Å². The third-order valence-electron chi connectivity index (χ3n) is 4.10. The van der Waals surface area contributed by atoms with E-state index in [1.54, 1.807) is 30.3 Å². The van der Waals surface area contributed by atoms with Gasteiger partial charge in [0.15, 0.2) is 6.10 Å². The number of anilines is 1. The number of urea groups is 1. The van der Waals surface area contributed by atoms with Crippen LogP contribution in [0.15, 0.2) is 41.3 Å². The summed E-state index contributed by atoms with van der Waals surface area (Å²) in [5.41, 5.74) is 0.377. The molecule has 9 nitrogen and oxygen atoms in total. The van der Waals surface area contributed by atoms with Crippen LogP contribution in [-0.2, 0) is 24.3 Å². The molecule has 2 aromatic carbocycles. The number of amides is 3. The van der Waals surface area contributed by atoms with Gasteiger partial charge >= 0.3 is 12.0 Å². The Morgan fingerprint density at radius 2 is 1.81 bits per heavy atom. The molecule has 1 aliphatic rings. The Labute approximate surface area is 155 Å². The van der Waals surface area contributed by atoms with Gasteiger partial charge in [-0.05, 0) is 24.4 Å². The van der Waals surface area contributed by atoms with Crippen molar-refractivity contribution in [2.24, 2.45) is 0 Å². The zero-order valence-corrected chi connectivity index (χ0v) is 15.4. The Morgan fingerprint density at radius 1 is 1.15 bits per heavy atom. The number of carbonyl (C=O) groups excluding carboxylic acids is 3. The molecule has 142 valence electrons. The lowest BCUT2D eigenvalue weighted by atomic mass is 10.1. The molecule has 1 heterocycles. The van der Waals surface area contributed by atoms with Gasteiger partial charge in [0.2, 0.25) is 0 Å². The van der Waals surface area contributed by atoms with Gasteiger partial charge < -0.3 is 10.1 Å². The molecule has 3 amide bonds. The number of nitrogens with zero attached hydrogens (tertiary/aromatic N) is 1. The highest BCUT2D eigenvalue weighted by molar-refractivity contribution is 7.93. The van der Waals surface area contributed by atoms with Crippen LogP contribution in [0.1, 0.15) is 6.92 Å². The van der Waals surface area contributed by atoms with E-state index in [1.807, 2.05) is 5.32 Å². The standard InChI is InChI=1S/C17H17N3O6S/c1-10(16(22)19-17(23)18-2)26-14(21)9-20-12-7-3-5-11-6-4-8-13(15(11)12)27(20,24)25/h3-8,10H,9H2,1-2H3,(H2,18,19,22,23)/t10-/m1/s1. The molecule has 2 aromatic rings. The summed E-state index contributed by atoms with van der Waals surface area (Å²) in [4.78, 5) is 35.2. The van der Waals surface area contributed by atoms with Crippen LogP contribution in [0.3, 0.4) is 0 Å². The summed E-state index contributed by atoms with van der Waals surface area (Å²) in [6.45, 7) is 0.692. The summed E-state index contributed by atoms with van der Waals surface area (Å²) >= 11 is 0. The van der Waals surface area contributed by atoms with E-state index in [0.29, 0.717) is 11.1 Å². The second kappa shape index (κ2) is 6.88. The van der Waals surface area contributed by atoms with E-state index in [1.165, 1.54) is 20.0 Å². The first-order chi connectivity index (χ1) is 12.8. The average molecular weight is 391 g/mol. The van der Waals surface area contributed by atoms with Crippen LogP contribution in [0, 0.1) is 0 Å². The molecule has 27 heavy (non-hydrogen) atoms. The first-order valence-corrected chi connectivity index (χ1v) is 9.46. The fourth-order valence-corrected chi connectivity index (χ4v) is 4.46. The first-order valence-electron chi connectivity index (χ1n) is 8.02. The number of hydrogen-bond donors (Lipinski definition) is 2. The maximum absolute atomic E-state index is 12.8. The van der Waals surface area contributed by atoms with E-state index in [2.05, 4.69) is 5.32 Å². The molecule has 0 aliphatic carbocycles. The third kappa shape index (κ3) is 3.31. The number of hydrogen-bond acceptors (Lipinski definition) is 6. The van der Waals surface area contributed by atoms with Gasteiger partial charge in [-0.1, -0.05) is 24.3 Å². The van der Waals surface area contributed by atoms with Crippen molar-refractivity contribution in [1.29, 1.82) is 0 Å². The summed E-state index contributed by atoms with van der Waals surface area (Å²) in [7, 11) is -2.58. The van der Waals surface area contributed by atoms with Gasteiger partial charge in [0.25, 0.3) is 15.9 Å². The Bertz CT molecular complexity index is 1040. The number of esters is 1. The van der Waals surface area contributed by atoms with Crippen molar-refractivity contribution in [1.82, 2.24) is 10.6 Å². The minimum Gasteiger partial charge on any atom is -0.451 e. The summed E-state index contributed by atoms with van der Waals surface area (Å²) < 4.78 is 31.5. The number of nitrogens with one attached hydrogen (secondary N) is 2. The lowest BCUT2D eigenvalue weighted by molar-refractivity contribution is -0.152. The van der Waals surface area contributed by atoms with Crippen LogP contribution in [0.5, 0.6) is 0 Å². The number of rotatable bonds is 4.